The summed E-state index contributed by atoms with van der Waals surface area (Å²) >= 11 is 1.76. The van der Waals surface area contributed by atoms with Gasteiger partial charge in [-0.2, -0.15) is 11.8 Å². The van der Waals surface area contributed by atoms with Crippen LogP contribution in [0.1, 0.15) is 32.8 Å². The van der Waals surface area contributed by atoms with Gasteiger partial charge in [-0.25, -0.2) is 4.98 Å². The van der Waals surface area contributed by atoms with Gasteiger partial charge >= 0.3 is 0 Å². The van der Waals surface area contributed by atoms with E-state index in [1.165, 1.54) is 5.56 Å². The second-order valence-electron chi connectivity index (χ2n) is 4.23. The van der Waals surface area contributed by atoms with Crippen molar-refractivity contribution in [2.24, 2.45) is 0 Å². The highest BCUT2D eigenvalue weighted by Crippen LogP contribution is 2.20. The molecular weight excluding hydrogens is 232 g/mol. The molecule has 0 fully saturated rings. The Kier molecular flexibility index (Phi) is 6.37. The number of nitrogens with one attached hydrogen (secondary N) is 1. The zero-order valence-electron chi connectivity index (χ0n) is 10.8. The van der Waals surface area contributed by atoms with E-state index in [0.29, 0.717) is 0 Å². The van der Waals surface area contributed by atoms with Crippen LogP contribution in [0.2, 0.25) is 0 Å². The summed E-state index contributed by atoms with van der Waals surface area (Å²) in [5, 5.41) is 13.0. The van der Waals surface area contributed by atoms with E-state index in [-0.39, 0.29) is 11.4 Å². The molecule has 0 bridgehead atoms. The van der Waals surface area contributed by atoms with Crippen molar-refractivity contribution in [2.75, 3.05) is 11.9 Å². The molecule has 17 heavy (non-hydrogen) atoms. The molecule has 2 atom stereocenters. The van der Waals surface area contributed by atoms with Crippen LogP contribution in [0.25, 0.3) is 0 Å². The Balaban J connectivity index is 2.48. The molecule has 96 valence electrons. The molecule has 1 aromatic rings. The Morgan fingerprint density at radius 3 is 2.88 bits per heavy atom. The van der Waals surface area contributed by atoms with Crippen molar-refractivity contribution in [3.63, 3.8) is 0 Å². The number of nitrogens with zero attached hydrogens (tertiary/aromatic N) is 1. The van der Waals surface area contributed by atoms with E-state index in [1.54, 1.807) is 11.8 Å². The molecule has 2 unspecified atom stereocenters. The first kappa shape index (κ1) is 14.3. The summed E-state index contributed by atoms with van der Waals surface area (Å²) in [5.41, 5.74) is 1.25. The lowest BCUT2D eigenvalue weighted by Gasteiger charge is -2.14. The van der Waals surface area contributed by atoms with Crippen LogP contribution in [-0.2, 0) is 5.75 Å². The molecule has 1 rings (SSSR count). The van der Waals surface area contributed by atoms with Crippen LogP contribution >= 0.6 is 11.8 Å². The Bertz CT molecular complexity index is 331. The van der Waals surface area contributed by atoms with Gasteiger partial charge < -0.3 is 10.4 Å². The lowest BCUT2D eigenvalue weighted by molar-refractivity contribution is 0.196. The van der Waals surface area contributed by atoms with Crippen LogP contribution in [0.4, 0.5) is 5.82 Å². The second kappa shape index (κ2) is 7.56. The fraction of sp³-hybridized carbons (Fsp3) is 0.615. The number of aliphatic hydroxyl groups excluding tert-OH is 1. The summed E-state index contributed by atoms with van der Waals surface area (Å²) in [5.74, 6) is 1.85. The summed E-state index contributed by atoms with van der Waals surface area (Å²) < 4.78 is 0. The smallest absolute Gasteiger partial charge is 0.126 e. The molecule has 4 heteroatoms. The standard InChI is InChI=1S/C13H22N2OS/c1-4-6-14-13-8-12(5-7-15-13)9-17-11(3)10(2)16/h5,7-8,10-11,16H,4,6,9H2,1-3H3,(H,14,15). The average molecular weight is 254 g/mol. The van der Waals surface area contributed by atoms with Gasteiger partial charge in [0.15, 0.2) is 0 Å². The van der Waals surface area contributed by atoms with E-state index in [9.17, 15) is 5.11 Å². The normalized spacial score (nSPS) is 14.4. The molecule has 0 saturated carbocycles. The van der Waals surface area contributed by atoms with E-state index in [1.807, 2.05) is 26.1 Å². The van der Waals surface area contributed by atoms with Gasteiger partial charge in [0.25, 0.3) is 0 Å². The number of thioether (sulfide) groups is 1. The minimum Gasteiger partial charge on any atom is -0.392 e. The van der Waals surface area contributed by atoms with Crippen molar-refractivity contribution in [3.05, 3.63) is 23.9 Å². The van der Waals surface area contributed by atoms with E-state index in [0.717, 1.165) is 24.5 Å². The van der Waals surface area contributed by atoms with Gasteiger partial charge in [-0.05, 0) is 31.0 Å². The van der Waals surface area contributed by atoms with Gasteiger partial charge in [-0.15, -0.1) is 0 Å². The SMILES string of the molecule is CCCNc1cc(CSC(C)C(C)O)ccn1. The van der Waals surface area contributed by atoms with Gasteiger partial charge in [0, 0.05) is 23.7 Å². The molecule has 0 aliphatic carbocycles. The largest absolute Gasteiger partial charge is 0.392 e. The number of rotatable bonds is 7. The molecule has 1 heterocycles. The van der Waals surface area contributed by atoms with Crippen molar-refractivity contribution in [1.82, 2.24) is 4.98 Å². The Morgan fingerprint density at radius 1 is 1.47 bits per heavy atom. The quantitative estimate of drug-likeness (QED) is 0.785. The zero-order chi connectivity index (χ0) is 12.7. The van der Waals surface area contributed by atoms with Crippen molar-refractivity contribution in [1.29, 1.82) is 0 Å². The fourth-order valence-electron chi connectivity index (χ4n) is 1.28. The van der Waals surface area contributed by atoms with Crippen LogP contribution in [-0.4, -0.2) is 28.0 Å². The first-order valence-electron chi connectivity index (χ1n) is 6.12. The lowest BCUT2D eigenvalue weighted by Crippen LogP contribution is -2.15. The molecule has 0 saturated heterocycles. The second-order valence-corrected chi connectivity index (χ2v) is 5.60. The Hall–Kier alpha value is -0.740. The van der Waals surface area contributed by atoms with Crippen molar-refractivity contribution in [3.8, 4) is 0 Å². The topological polar surface area (TPSA) is 45.1 Å². The maximum Gasteiger partial charge on any atom is 0.126 e. The van der Waals surface area contributed by atoms with Crippen LogP contribution in [0.3, 0.4) is 0 Å². The molecule has 3 nitrogen and oxygen atoms in total. The fourth-order valence-corrected chi connectivity index (χ4v) is 2.19. The molecule has 0 aromatic carbocycles. The number of aromatic nitrogens is 1. The molecule has 0 spiro atoms. The van der Waals surface area contributed by atoms with E-state index in [2.05, 4.69) is 23.3 Å². The van der Waals surface area contributed by atoms with Gasteiger partial charge in [0.1, 0.15) is 5.82 Å². The maximum atomic E-state index is 9.42. The molecule has 0 radical (unpaired) electrons. The Morgan fingerprint density at radius 2 is 2.24 bits per heavy atom. The number of anilines is 1. The highest BCUT2D eigenvalue weighted by atomic mass is 32.2. The summed E-state index contributed by atoms with van der Waals surface area (Å²) in [6.07, 6.45) is 2.67. The highest BCUT2D eigenvalue weighted by Gasteiger charge is 2.09. The van der Waals surface area contributed by atoms with Crippen LogP contribution in [0, 0.1) is 0 Å². The number of hydrogen-bond acceptors (Lipinski definition) is 4. The lowest BCUT2D eigenvalue weighted by atomic mass is 10.3. The van der Waals surface area contributed by atoms with Crippen LogP contribution in [0.15, 0.2) is 18.3 Å². The first-order valence-corrected chi connectivity index (χ1v) is 7.16. The molecule has 0 amide bonds. The van der Waals surface area contributed by atoms with E-state index in [4.69, 9.17) is 0 Å². The molecule has 1 aromatic heterocycles. The van der Waals surface area contributed by atoms with Gasteiger partial charge in [-0.1, -0.05) is 13.8 Å². The van der Waals surface area contributed by atoms with Crippen LogP contribution < -0.4 is 5.32 Å². The summed E-state index contributed by atoms with van der Waals surface area (Å²) in [6.45, 7) is 6.97. The monoisotopic (exact) mass is 254 g/mol. The number of hydrogen-bond donors (Lipinski definition) is 2. The maximum absolute atomic E-state index is 9.42. The molecule has 0 aliphatic heterocycles. The van der Waals surface area contributed by atoms with E-state index >= 15 is 0 Å². The summed E-state index contributed by atoms with van der Waals surface area (Å²) in [4.78, 5) is 4.27. The van der Waals surface area contributed by atoms with Gasteiger partial charge in [-0.3, -0.25) is 0 Å². The van der Waals surface area contributed by atoms with Gasteiger partial charge in [0.05, 0.1) is 6.10 Å². The molecule has 2 N–H and O–H groups in total. The molecular formula is C13H22N2OS. The van der Waals surface area contributed by atoms with Crippen molar-refractivity contribution in [2.45, 2.75) is 44.3 Å². The van der Waals surface area contributed by atoms with Crippen molar-refractivity contribution < 1.29 is 5.11 Å². The third kappa shape index (κ3) is 5.41. The van der Waals surface area contributed by atoms with Gasteiger partial charge in [0.2, 0.25) is 0 Å². The average Bonchev–Trinajstić information content (AvgIpc) is 2.33. The van der Waals surface area contributed by atoms with Crippen molar-refractivity contribution >= 4 is 17.6 Å². The minimum atomic E-state index is -0.264. The molecule has 0 aliphatic rings. The third-order valence-electron chi connectivity index (χ3n) is 2.57. The zero-order valence-corrected chi connectivity index (χ0v) is 11.6. The Labute approximate surface area is 108 Å². The predicted molar refractivity (Wildman–Crippen MR) is 75.5 cm³/mol. The minimum absolute atomic E-state index is 0.259. The summed E-state index contributed by atoms with van der Waals surface area (Å²) in [6, 6.07) is 4.11. The third-order valence-corrected chi connectivity index (χ3v) is 3.99. The van der Waals surface area contributed by atoms with E-state index < -0.39 is 0 Å². The number of aliphatic hydroxyl groups is 1. The number of pyridine rings is 1. The summed E-state index contributed by atoms with van der Waals surface area (Å²) in [7, 11) is 0. The predicted octanol–water partition coefficient (Wildman–Crippen LogP) is 2.91. The van der Waals surface area contributed by atoms with Crippen LogP contribution in [0.5, 0.6) is 0 Å². The highest BCUT2D eigenvalue weighted by molar-refractivity contribution is 7.99. The first-order chi connectivity index (χ1) is 8.13.